The summed E-state index contributed by atoms with van der Waals surface area (Å²) in [5, 5.41) is 0. The predicted molar refractivity (Wildman–Crippen MR) is 172 cm³/mol. The minimum atomic E-state index is -3.16. The number of halogens is 1. The molecule has 0 aliphatic carbocycles. The number of quaternary nitrogens is 1. The molecule has 0 N–H and O–H groups in total. The molecular weight excluding hydrogens is 628 g/mol. The molecule has 0 aromatic heterocycles. The van der Waals surface area contributed by atoms with E-state index in [0.717, 1.165) is 25.7 Å². The van der Waals surface area contributed by atoms with Gasteiger partial charge in [-0.25, -0.2) is 0 Å². The smallest absolute Gasteiger partial charge is 0.384 e. The van der Waals surface area contributed by atoms with Gasteiger partial charge in [0.15, 0.2) is 6.29 Å². The zero-order valence-electron chi connectivity index (χ0n) is 27.4. The molecule has 0 rings (SSSR count). The van der Waals surface area contributed by atoms with Crippen LogP contribution in [0.2, 0.25) is 0 Å². The lowest BCUT2D eigenvalue weighted by Crippen LogP contribution is -3.00. The van der Waals surface area contributed by atoms with Gasteiger partial charge in [-0.05, 0) is 18.8 Å². The second-order valence-electron chi connectivity index (χ2n) is 12.5. The van der Waals surface area contributed by atoms with Gasteiger partial charge in [0.05, 0.1) is 27.3 Å². The van der Waals surface area contributed by atoms with Crippen molar-refractivity contribution in [2.75, 3.05) is 40.1 Å². The predicted octanol–water partition coefficient (Wildman–Crippen LogP) is 8.29. The Labute approximate surface area is 269 Å². The highest BCUT2D eigenvalue weighted by atomic mass is 127. The van der Waals surface area contributed by atoms with Gasteiger partial charge in [-0.2, -0.15) is 0 Å². The normalized spacial score (nSPS) is 11.9. The van der Waals surface area contributed by atoms with Crippen molar-refractivity contribution in [1.29, 1.82) is 0 Å². The Kier molecular flexibility index (Phi) is 32.8. The zero-order valence-corrected chi connectivity index (χ0v) is 30.4. The summed E-state index contributed by atoms with van der Waals surface area (Å²) in [6.07, 6.45) is 37.2. The van der Waals surface area contributed by atoms with E-state index < -0.39 is 7.60 Å². The van der Waals surface area contributed by atoms with Crippen molar-refractivity contribution in [2.24, 2.45) is 0 Å². The Bertz CT molecular complexity index is 574. The third-order valence-electron chi connectivity index (χ3n) is 7.65. The second-order valence-corrected chi connectivity index (χ2v) is 14.5. The summed E-state index contributed by atoms with van der Waals surface area (Å²) in [5.74, 6) is 2.71. The molecule has 0 unspecified atom stereocenters. The molecule has 0 amide bonds. The van der Waals surface area contributed by atoms with E-state index in [2.05, 4.69) is 19.8 Å². The van der Waals surface area contributed by atoms with Crippen LogP contribution in [0.3, 0.4) is 0 Å². The zero-order chi connectivity index (χ0) is 28.9. The molecule has 0 aromatic carbocycles. The fourth-order valence-electron chi connectivity index (χ4n) is 5.18. The van der Waals surface area contributed by atoms with Crippen LogP contribution in [-0.4, -0.2) is 44.6 Å². The average Bonchev–Trinajstić information content (AvgIpc) is 2.89. The molecule has 0 heterocycles. The van der Waals surface area contributed by atoms with Crippen molar-refractivity contribution < 1.29 is 42.1 Å². The van der Waals surface area contributed by atoms with Crippen LogP contribution in [0.15, 0.2) is 0 Å². The minimum absolute atomic E-state index is 0. The number of terminal acetylenes is 1. The molecule has 40 heavy (non-hydrogen) atoms. The van der Waals surface area contributed by atoms with Crippen LogP contribution in [0.25, 0.3) is 0 Å². The number of nitrogens with zero attached hydrogens (tertiary/aromatic N) is 1. The highest BCUT2D eigenvalue weighted by molar-refractivity contribution is 7.53. The Morgan fingerprint density at radius 3 is 1.10 bits per heavy atom. The first-order chi connectivity index (χ1) is 18.9. The Balaban J connectivity index is 0. The summed E-state index contributed by atoms with van der Waals surface area (Å²) in [7, 11) is 0.855. The molecule has 0 aliphatic heterocycles. The van der Waals surface area contributed by atoms with Crippen LogP contribution in [0, 0.1) is 12.3 Å². The number of hydrogen-bond donors (Lipinski definition) is 0. The van der Waals surface area contributed by atoms with Gasteiger partial charge in [0.25, 0.3) is 0 Å². The lowest BCUT2D eigenvalue weighted by Gasteiger charge is -2.31. The molecule has 0 aliphatic rings. The highest BCUT2D eigenvalue weighted by Crippen LogP contribution is 2.50. The number of unbranched alkanes of at least 4 members (excludes halogenated alkanes) is 22. The Morgan fingerprint density at radius 1 is 0.550 bits per heavy atom. The van der Waals surface area contributed by atoms with Crippen molar-refractivity contribution in [3.8, 4) is 12.3 Å². The summed E-state index contributed by atoms with van der Waals surface area (Å²) in [5.41, 5.74) is 0. The van der Waals surface area contributed by atoms with Crippen LogP contribution in [0.1, 0.15) is 168 Å². The van der Waals surface area contributed by atoms with Crippen LogP contribution in [0.4, 0.5) is 0 Å². The Hall–Kier alpha value is 0.400. The molecule has 0 atom stereocenters. The summed E-state index contributed by atoms with van der Waals surface area (Å²) in [6, 6.07) is 0. The van der Waals surface area contributed by atoms with Crippen LogP contribution in [0.5, 0.6) is 0 Å². The standard InChI is InChI=1S/C34H69NO3P.HI/c1-6-9-11-13-15-17-19-21-23-25-27-29-32-37-39(36,34-35(4,5)31-8-3)38-33-30-28-26-24-22-20-18-16-14-12-10-7-2;/h3H,6-7,9-34H2,1-2,4-5H3;1H/q+1;/p-1. The van der Waals surface area contributed by atoms with Crippen LogP contribution in [-0.2, 0) is 13.6 Å². The molecular formula is C34H69INO3P. The van der Waals surface area contributed by atoms with Gasteiger partial charge >= 0.3 is 7.60 Å². The van der Waals surface area contributed by atoms with Gasteiger partial charge in [-0.15, -0.1) is 6.42 Å². The molecule has 0 radical (unpaired) electrons. The molecule has 0 fully saturated rings. The molecule has 0 aromatic rings. The third kappa shape index (κ3) is 29.9. The first-order valence-corrected chi connectivity index (χ1v) is 18.8. The molecule has 0 saturated carbocycles. The van der Waals surface area contributed by atoms with Gasteiger partial charge < -0.3 is 37.5 Å². The molecule has 6 heteroatoms. The maximum atomic E-state index is 13.6. The fraction of sp³-hybridized carbons (Fsp3) is 0.941. The lowest BCUT2D eigenvalue weighted by atomic mass is 10.1. The van der Waals surface area contributed by atoms with Gasteiger partial charge in [0, 0.05) is 0 Å². The molecule has 240 valence electrons. The van der Waals surface area contributed by atoms with E-state index in [-0.39, 0.29) is 24.0 Å². The minimum Gasteiger partial charge on any atom is -1.00 e. The SMILES string of the molecule is C#CC[N+](C)(C)CP(=O)(OCCCCCCCCCCCCCC)OCCCCCCCCCCCCCC.[I-]. The monoisotopic (exact) mass is 697 g/mol. The first kappa shape index (κ1) is 42.5. The molecule has 0 bridgehead atoms. The quantitative estimate of drug-likeness (QED) is 0.0241. The van der Waals surface area contributed by atoms with E-state index in [9.17, 15) is 4.57 Å². The van der Waals surface area contributed by atoms with E-state index in [1.807, 2.05) is 14.1 Å². The van der Waals surface area contributed by atoms with Crippen LogP contribution >= 0.6 is 7.60 Å². The maximum Gasteiger partial charge on any atom is 0.384 e. The van der Waals surface area contributed by atoms with E-state index in [1.54, 1.807) is 0 Å². The van der Waals surface area contributed by atoms with Gasteiger partial charge in [0.1, 0.15) is 6.54 Å². The van der Waals surface area contributed by atoms with Crippen LogP contribution < -0.4 is 24.0 Å². The van der Waals surface area contributed by atoms with E-state index >= 15 is 0 Å². The summed E-state index contributed by atoms with van der Waals surface area (Å²) < 4.78 is 26.0. The van der Waals surface area contributed by atoms with E-state index in [4.69, 9.17) is 15.5 Å². The van der Waals surface area contributed by atoms with Crippen molar-refractivity contribution in [3.63, 3.8) is 0 Å². The summed E-state index contributed by atoms with van der Waals surface area (Å²) in [4.78, 5) is 0. The van der Waals surface area contributed by atoms with Crippen molar-refractivity contribution >= 4 is 7.60 Å². The number of hydrogen-bond acceptors (Lipinski definition) is 3. The van der Waals surface area contributed by atoms with Gasteiger partial charge in [0.2, 0.25) is 0 Å². The molecule has 0 saturated heterocycles. The van der Waals surface area contributed by atoms with E-state index in [0.29, 0.717) is 30.5 Å². The molecule has 4 nitrogen and oxygen atoms in total. The van der Waals surface area contributed by atoms with Crippen molar-refractivity contribution in [1.82, 2.24) is 0 Å². The summed E-state index contributed by atoms with van der Waals surface area (Å²) in [6.45, 7) is 6.10. The van der Waals surface area contributed by atoms with Crippen molar-refractivity contribution in [3.05, 3.63) is 0 Å². The van der Waals surface area contributed by atoms with Gasteiger partial charge in [-0.1, -0.05) is 155 Å². The number of rotatable bonds is 31. The topological polar surface area (TPSA) is 35.5 Å². The summed E-state index contributed by atoms with van der Waals surface area (Å²) >= 11 is 0. The first-order valence-electron chi connectivity index (χ1n) is 17.0. The van der Waals surface area contributed by atoms with Gasteiger partial charge in [-0.3, -0.25) is 4.57 Å². The highest BCUT2D eigenvalue weighted by Gasteiger charge is 2.34. The third-order valence-corrected chi connectivity index (χ3v) is 9.91. The maximum absolute atomic E-state index is 13.6. The molecule has 0 spiro atoms. The fourth-order valence-corrected chi connectivity index (χ4v) is 7.27. The lowest BCUT2D eigenvalue weighted by molar-refractivity contribution is -0.872. The largest absolute Gasteiger partial charge is 1.00 e. The average molecular weight is 698 g/mol. The van der Waals surface area contributed by atoms with E-state index in [1.165, 1.54) is 128 Å². The van der Waals surface area contributed by atoms with Crippen molar-refractivity contribution in [2.45, 2.75) is 168 Å². The second kappa shape index (κ2) is 30.8. The Morgan fingerprint density at radius 2 is 0.825 bits per heavy atom.